The molecule has 0 unspecified atom stereocenters. The molecule has 0 bridgehead atoms. The molecule has 0 aliphatic carbocycles. The smallest absolute Gasteiger partial charge is 0.338 e. The van der Waals surface area contributed by atoms with Crippen LogP contribution in [0.25, 0.3) is 11.6 Å². The second-order valence-electron chi connectivity index (χ2n) is 4.26. The molecule has 0 aromatic heterocycles. The van der Waals surface area contributed by atoms with Crippen molar-refractivity contribution in [1.29, 1.82) is 0 Å². The average molecular weight is 283 g/mol. The van der Waals surface area contributed by atoms with Crippen LogP contribution in [0.1, 0.15) is 11.1 Å². The Balaban J connectivity index is 2.43. The lowest BCUT2D eigenvalue weighted by atomic mass is 10.0. The Morgan fingerprint density at radius 2 is 1.71 bits per heavy atom. The van der Waals surface area contributed by atoms with Crippen LogP contribution in [0.5, 0.6) is 0 Å². The summed E-state index contributed by atoms with van der Waals surface area (Å²) in [7, 11) is 1.30. The van der Waals surface area contributed by atoms with Gasteiger partial charge in [-0.1, -0.05) is 30.3 Å². The first kappa shape index (κ1) is 14.5. The molecule has 0 amide bonds. The van der Waals surface area contributed by atoms with Gasteiger partial charge in [0.05, 0.1) is 17.6 Å². The predicted molar refractivity (Wildman–Crippen MR) is 79.4 cm³/mol. The van der Waals surface area contributed by atoms with Crippen molar-refractivity contribution < 1.29 is 14.5 Å². The molecule has 2 rings (SSSR count). The van der Waals surface area contributed by atoms with Gasteiger partial charge in [0.1, 0.15) is 0 Å². The number of methoxy groups -OCH3 is 1. The van der Waals surface area contributed by atoms with Gasteiger partial charge in [-0.25, -0.2) is 4.79 Å². The largest absolute Gasteiger partial charge is 0.465 e. The maximum absolute atomic E-state index is 11.9. The summed E-state index contributed by atoms with van der Waals surface area (Å²) in [5, 5.41) is 10.7. The van der Waals surface area contributed by atoms with Gasteiger partial charge in [-0.15, -0.1) is 0 Å². The number of nitro groups is 1. The third-order valence-electron chi connectivity index (χ3n) is 2.91. The summed E-state index contributed by atoms with van der Waals surface area (Å²) in [6, 6.07) is 15.1. The van der Waals surface area contributed by atoms with E-state index in [4.69, 9.17) is 4.74 Å². The molecule has 0 atom stereocenters. The molecule has 0 aliphatic heterocycles. The van der Waals surface area contributed by atoms with Crippen molar-refractivity contribution in [3.05, 3.63) is 75.8 Å². The summed E-state index contributed by atoms with van der Waals surface area (Å²) < 4.78 is 4.78. The van der Waals surface area contributed by atoms with Crippen molar-refractivity contribution in [2.75, 3.05) is 7.11 Å². The third-order valence-corrected chi connectivity index (χ3v) is 2.91. The minimum absolute atomic E-state index is 0.0253. The van der Waals surface area contributed by atoms with E-state index in [-0.39, 0.29) is 5.69 Å². The second-order valence-corrected chi connectivity index (χ2v) is 4.26. The number of carbonyl (C=O) groups is 1. The van der Waals surface area contributed by atoms with Crippen LogP contribution in [0.4, 0.5) is 5.69 Å². The number of esters is 1. The van der Waals surface area contributed by atoms with Gasteiger partial charge in [-0.2, -0.15) is 0 Å². The Hall–Kier alpha value is -2.95. The lowest BCUT2D eigenvalue weighted by Crippen LogP contribution is -2.04. The molecule has 0 saturated carbocycles. The Morgan fingerprint density at radius 3 is 2.24 bits per heavy atom. The molecular weight excluding hydrogens is 270 g/mol. The summed E-state index contributed by atoms with van der Waals surface area (Å²) in [5.41, 5.74) is 1.73. The van der Waals surface area contributed by atoms with Crippen molar-refractivity contribution >= 4 is 23.3 Å². The molecule has 2 aromatic carbocycles. The zero-order valence-electron chi connectivity index (χ0n) is 11.4. The van der Waals surface area contributed by atoms with E-state index < -0.39 is 10.9 Å². The van der Waals surface area contributed by atoms with Crippen LogP contribution < -0.4 is 0 Å². The first-order valence-corrected chi connectivity index (χ1v) is 6.21. The van der Waals surface area contributed by atoms with Crippen molar-refractivity contribution in [1.82, 2.24) is 0 Å². The van der Waals surface area contributed by atoms with Gasteiger partial charge in [0.25, 0.3) is 5.69 Å². The molecule has 0 heterocycles. The van der Waals surface area contributed by atoms with Gasteiger partial charge in [0.2, 0.25) is 0 Å². The fraction of sp³-hybridized carbons (Fsp3) is 0.0625. The number of benzene rings is 2. The minimum Gasteiger partial charge on any atom is -0.465 e. The number of ether oxygens (including phenoxy) is 1. The minimum atomic E-state index is -0.493. The molecule has 0 spiro atoms. The van der Waals surface area contributed by atoms with Crippen molar-refractivity contribution in [2.45, 2.75) is 0 Å². The summed E-state index contributed by atoms with van der Waals surface area (Å²) in [4.78, 5) is 22.1. The predicted octanol–water partition coefficient (Wildman–Crippen LogP) is 3.31. The molecule has 5 nitrogen and oxygen atoms in total. The van der Waals surface area contributed by atoms with Gasteiger partial charge < -0.3 is 4.74 Å². The number of rotatable bonds is 4. The van der Waals surface area contributed by atoms with E-state index in [1.54, 1.807) is 6.08 Å². The van der Waals surface area contributed by atoms with Gasteiger partial charge in [-0.05, 0) is 29.3 Å². The van der Waals surface area contributed by atoms with E-state index in [2.05, 4.69) is 0 Å². The SMILES string of the molecule is COC(=O)/C(=C/c1ccccc1)c1ccc([N+](=O)[O-])cc1. The number of hydrogen-bond donors (Lipinski definition) is 0. The van der Waals surface area contributed by atoms with Gasteiger partial charge >= 0.3 is 5.97 Å². The molecule has 0 fully saturated rings. The van der Waals surface area contributed by atoms with Gasteiger partial charge in [0, 0.05) is 12.1 Å². The maximum Gasteiger partial charge on any atom is 0.338 e. The average Bonchev–Trinajstić information content (AvgIpc) is 2.53. The fourth-order valence-electron chi connectivity index (χ4n) is 1.85. The van der Waals surface area contributed by atoms with Crippen LogP contribution in [0.15, 0.2) is 54.6 Å². The highest BCUT2D eigenvalue weighted by atomic mass is 16.6. The van der Waals surface area contributed by atoms with Crippen molar-refractivity contribution in [2.24, 2.45) is 0 Å². The van der Waals surface area contributed by atoms with E-state index in [9.17, 15) is 14.9 Å². The highest BCUT2D eigenvalue weighted by molar-refractivity contribution is 6.21. The van der Waals surface area contributed by atoms with E-state index in [1.165, 1.54) is 31.4 Å². The van der Waals surface area contributed by atoms with Crippen LogP contribution in [-0.4, -0.2) is 18.0 Å². The number of hydrogen-bond acceptors (Lipinski definition) is 4. The Labute approximate surface area is 121 Å². The maximum atomic E-state index is 11.9. The first-order chi connectivity index (χ1) is 10.1. The molecule has 5 heteroatoms. The summed E-state index contributed by atoms with van der Waals surface area (Å²) in [6.45, 7) is 0. The van der Waals surface area contributed by atoms with Crippen LogP contribution in [0, 0.1) is 10.1 Å². The molecule has 0 radical (unpaired) electrons. The fourth-order valence-corrected chi connectivity index (χ4v) is 1.85. The normalized spacial score (nSPS) is 11.0. The van der Waals surface area contributed by atoms with E-state index >= 15 is 0 Å². The lowest BCUT2D eigenvalue weighted by Gasteiger charge is -2.06. The Bertz CT molecular complexity index is 675. The van der Waals surface area contributed by atoms with E-state index in [0.717, 1.165) is 5.56 Å². The molecular formula is C16H13NO4. The number of carbonyl (C=O) groups excluding carboxylic acids is 1. The summed E-state index contributed by atoms with van der Waals surface area (Å²) in [5.74, 6) is -0.493. The van der Waals surface area contributed by atoms with Crippen LogP contribution in [0.2, 0.25) is 0 Å². The highest BCUT2D eigenvalue weighted by Crippen LogP contribution is 2.22. The standard InChI is InChI=1S/C16H13NO4/c1-21-16(18)15(11-12-5-3-2-4-6-12)13-7-9-14(10-8-13)17(19)20/h2-11H,1H3/b15-11+. The topological polar surface area (TPSA) is 69.4 Å². The Kier molecular flexibility index (Phi) is 4.46. The van der Waals surface area contributed by atoms with Gasteiger partial charge in [0.15, 0.2) is 0 Å². The monoisotopic (exact) mass is 283 g/mol. The lowest BCUT2D eigenvalue weighted by molar-refractivity contribution is -0.384. The number of non-ortho nitro benzene ring substituents is 1. The zero-order chi connectivity index (χ0) is 15.2. The third kappa shape index (κ3) is 3.54. The summed E-state index contributed by atoms with van der Waals surface area (Å²) >= 11 is 0. The van der Waals surface area contributed by atoms with E-state index in [1.807, 2.05) is 30.3 Å². The quantitative estimate of drug-likeness (QED) is 0.284. The summed E-state index contributed by atoms with van der Waals surface area (Å²) in [6.07, 6.45) is 1.69. The molecule has 106 valence electrons. The Morgan fingerprint density at radius 1 is 1.10 bits per heavy atom. The number of nitrogens with zero attached hydrogens (tertiary/aromatic N) is 1. The molecule has 2 aromatic rings. The molecule has 0 saturated heterocycles. The molecule has 0 N–H and O–H groups in total. The van der Waals surface area contributed by atoms with Gasteiger partial charge in [-0.3, -0.25) is 10.1 Å². The molecule has 21 heavy (non-hydrogen) atoms. The van der Waals surface area contributed by atoms with Crippen molar-refractivity contribution in [3.8, 4) is 0 Å². The first-order valence-electron chi connectivity index (χ1n) is 6.21. The van der Waals surface area contributed by atoms with Crippen molar-refractivity contribution in [3.63, 3.8) is 0 Å². The second kappa shape index (κ2) is 6.47. The van der Waals surface area contributed by atoms with Crippen LogP contribution in [-0.2, 0) is 9.53 Å². The van der Waals surface area contributed by atoms with Crippen LogP contribution in [0.3, 0.4) is 0 Å². The zero-order valence-corrected chi connectivity index (χ0v) is 11.4. The van der Waals surface area contributed by atoms with Crippen LogP contribution >= 0.6 is 0 Å². The number of nitro benzene ring substituents is 1. The highest BCUT2D eigenvalue weighted by Gasteiger charge is 2.14. The van der Waals surface area contributed by atoms with E-state index in [0.29, 0.717) is 11.1 Å². The molecule has 0 aliphatic rings.